The average Bonchev–Trinajstić information content (AvgIpc) is 2.55. The van der Waals surface area contributed by atoms with E-state index in [-0.39, 0.29) is 5.91 Å². The summed E-state index contributed by atoms with van der Waals surface area (Å²) in [5, 5.41) is 3.41. The molecule has 0 aromatic heterocycles. The molecule has 1 N–H and O–H groups in total. The second-order valence-electron chi connectivity index (χ2n) is 6.29. The summed E-state index contributed by atoms with van der Waals surface area (Å²) in [6.07, 6.45) is 2.25. The fraction of sp³-hybridized carbons (Fsp3) is 0.611. The minimum atomic E-state index is 0.275. The van der Waals surface area contributed by atoms with Crippen molar-refractivity contribution in [1.82, 2.24) is 10.2 Å². The highest BCUT2D eigenvalue weighted by molar-refractivity contribution is 9.10. The Bertz CT molecular complexity index is 542. The number of halogens is 1. The summed E-state index contributed by atoms with van der Waals surface area (Å²) in [6.45, 7) is 10.3. The number of nitrogens with one attached hydrogen (secondary N) is 1. The van der Waals surface area contributed by atoms with Crippen molar-refractivity contribution >= 4 is 33.6 Å². The fourth-order valence-corrected chi connectivity index (χ4v) is 4.34. The molecule has 0 spiro atoms. The summed E-state index contributed by atoms with van der Waals surface area (Å²) in [4.78, 5) is 15.7. The van der Waals surface area contributed by atoms with Gasteiger partial charge in [0.05, 0.1) is 5.75 Å². The van der Waals surface area contributed by atoms with Gasteiger partial charge < -0.3 is 10.2 Å². The van der Waals surface area contributed by atoms with E-state index in [1.807, 2.05) is 4.90 Å². The molecule has 128 valence electrons. The van der Waals surface area contributed by atoms with Crippen LogP contribution in [0.15, 0.2) is 21.5 Å². The molecule has 1 heterocycles. The van der Waals surface area contributed by atoms with E-state index in [0.29, 0.717) is 5.75 Å². The smallest absolute Gasteiger partial charge is 0.232 e. The minimum Gasteiger partial charge on any atom is -0.342 e. The van der Waals surface area contributed by atoms with E-state index in [4.69, 9.17) is 0 Å². The molecule has 1 amide bonds. The number of amides is 1. The lowest BCUT2D eigenvalue weighted by Crippen LogP contribution is -2.41. The van der Waals surface area contributed by atoms with Crippen LogP contribution in [0.4, 0.5) is 0 Å². The molecule has 0 bridgehead atoms. The molecule has 1 saturated heterocycles. The number of piperidine rings is 1. The van der Waals surface area contributed by atoms with Gasteiger partial charge in [-0.3, -0.25) is 4.79 Å². The lowest BCUT2D eigenvalue weighted by molar-refractivity contribution is -0.129. The van der Waals surface area contributed by atoms with Crippen molar-refractivity contribution in [2.75, 3.05) is 31.9 Å². The van der Waals surface area contributed by atoms with E-state index in [1.54, 1.807) is 11.8 Å². The number of aryl methyl sites for hydroxylation is 2. The zero-order valence-electron chi connectivity index (χ0n) is 14.3. The van der Waals surface area contributed by atoms with Crippen molar-refractivity contribution in [1.29, 1.82) is 0 Å². The molecular weight excluding hydrogens is 372 g/mol. The van der Waals surface area contributed by atoms with Crippen LogP contribution < -0.4 is 5.32 Å². The van der Waals surface area contributed by atoms with Crippen LogP contribution in [-0.4, -0.2) is 42.7 Å². The summed E-state index contributed by atoms with van der Waals surface area (Å²) in [5.74, 6) is 1.54. The third-order valence-corrected chi connectivity index (χ3v) is 6.45. The molecule has 0 saturated carbocycles. The standard InChI is InChI=1S/C18H27BrN2OS/c1-4-20-11-15-5-7-21(8-6-15)18(22)12-23-17-10-13(2)16(19)9-14(17)3/h9-10,15,20H,4-8,11-12H2,1-3H3. The van der Waals surface area contributed by atoms with Gasteiger partial charge >= 0.3 is 0 Å². The molecule has 1 aliphatic rings. The van der Waals surface area contributed by atoms with E-state index in [1.165, 1.54) is 16.0 Å². The Hall–Kier alpha value is -0.520. The van der Waals surface area contributed by atoms with E-state index in [9.17, 15) is 4.79 Å². The van der Waals surface area contributed by atoms with Gasteiger partial charge in [-0.2, -0.15) is 0 Å². The van der Waals surface area contributed by atoms with E-state index < -0.39 is 0 Å². The van der Waals surface area contributed by atoms with Gasteiger partial charge in [0.1, 0.15) is 0 Å². The number of hydrogen-bond donors (Lipinski definition) is 1. The van der Waals surface area contributed by atoms with Crippen LogP contribution in [0.1, 0.15) is 30.9 Å². The van der Waals surface area contributed by atoms with Gasteiger partial charge in [0, 0.05) is 22.5 Å². The van der Waals surface area contributed by atoms with Gasteiger partial charge in [-0.25, -0.2) is 0 Å². The molecule has 23 heavy (non-hydrogen) atoms. The Balaban J connectivity index is 1.81. The zero-order valence-corrected chi connectivity index (χ0v) is 16.7. The van der Waals surface area contributed by atoms with Gasteiger partial charge in [0.25, 0.3) is 0 Å². The van der Waals surface area contributed by atoms with E-state index in [0.717, 1.165) is 49.4 Å². The van der Waals surface area contributed by atoms with Crippen molar-refractivity contribution in [3.05, 3.63) is 27.7 Å². The summed E-state index contributed by atoms with van der Waals surface area (Å²) >= 11 is 5.22. The molecule has 0 radical (unpaired) electrons. The van der Waals surface area contributed by atoms with Crippen LogP contribution in [0.3, 0.4) is 0 Å². The molecule has 0 unspecified atom stereocenters. The van der Waals surface area contributed by atoms with Crippen molar-refractivity contribution in [2.24, 2.45) is 5.92 Å². The molecule has 0 atom stereocenters. The first-order valence-corrected chi connectivity index (χ1v) is 10.2. The highest BCUT2D eigenvalue weighted by Crippen LogP contribution is 2.29. The molecule has 1 fully saturated rings. The predicted molar refractivity (Wildman–Crippen MR) is 102 cm³/mol. The number of nitrogens with zero attached hydrogens (tertiary/aromatic N) is 1. The molecule has 1 aromatic rings. The SMILES string of the molecule is CCNCC1CCN(C(=O)CSc2cc(C)c(Br)cc2C)CC1. The van der Waals surface area contributed by atoms with Crippen LogP contribution in [0.2, 0.25) is 0 Å². The molecule has 0 aliphatic carbocycles. The monoisotopic (exact) mass is 398 g/mol. The van der Waals surface area contributed by atoms with Crippen LogP contribution in [-0.2, 0) is 4.79 Å². The lowest BCUT2D eigenvalue weighted by atomic mass is 9.97. The largest absolute Gasteiger partial charge is 0.342 e. The number of benzene rings is 1. The first-order chi connectivity index (χ1) is 11.0. The van der Waals surface area contributed by atoms with Crippen LogP contribution >= 0.6 is 27.7 Å². The molecule has 1 aromatic carbocycles. The third kappa shape index (κ3) is 5.50. The first kappa shape index (κ1) is 18.8. The highest BCUT2D eigenvalue weighted by Gasteiger charge is 2.22. The Morgan fingerprint density at radius 3 is 2.65 bits per heavy atom. The summed E-state index contributed by atoms with van der Waals surface area (Å²) in [6, 6.07) is 4.30. The summed E-state index contributed by atoms with van der Waals surface area (Å²) < 4.78 is 1.13. The molecule has 2 rings (SSSR count). The van der Waals surface area contributed by atoms with Crippen molar-refractivity contribution in [2.45, 2.75) is 38.5 Å². The minimum absolute atomic E-state index is 0.275. The predicted octanol–water partition coefficient (Wildman–Crippen LogP) is 4.01. The maximum absolute atomic E-state index is 12.4. The van der Waals surface area contributed by atoms with Crippen LogP contribution in [0.25, 0.3) is 0 Å². The quantitative estimate of drug-likeness (QED) is 0.734. The maximum Gasteiger partial charge on any atom is 0.232 e. The Morgan fingerprint density at radius 2 is 2.00 bits per heavy atom. The lowest BCUT2D eigenvalue weighted by Gasteiger charge is -2.32. The van der Waals surface area contributed by atoms with Gasteiger partial charge in [-0.1, -0.05) is 22.9 Å². The van der Waals surface area contributed by atoms with Crippen LogP contribution in [0.5, 0.6) is 0 Å². The van der Waals surface area contributed by atoms with Crippen molar-refractivity contribution in [3.8, 4) is 0 Å². The topological polar surface area (TPSA) is 32.3 Å². The van der Waals surface area contributed by atoms with Gasteiger partial charge in [-0.05, 0) is 69.0 Å². The number of carbonyl (C=O) groups is 1. The Morgan fingerprint density at radius 1 is 1.30 bits per heavy atom. The first-order valence-electron chi connectivity index (χ1n) is 8.39. The second kappa shape index (κ2) is 9.09. The van der Waals surface area contributed by atoms with Gasteiger partial charge in [-0.15, -0.1) is 11.8 Å². The Kier molecular flexibility index (Phi) is 7.44. The second-order valence-corrected chi connectivity index (χ2v) is 8.16. The Labute approximate surface area is 152 Å². The fourth-order valence-electron chi connectivity index (χ4n) is 2.88. The number of carbonyl (C=O) groups excluding carboxylic acids is 1. The van der Waals surface area contributed by atoms with E-state index in [2.05, 4.69) is 54.2 Å². The van der Waals surface area contributed by atoms with Crippen molar-refractivity contribution < 1.29 is 4.79 Å². The third-order valence-electron chi connectivity index (χ3n) is 4.46. The molecule has 5 heteroatoms. The maximum atomic E-state index is 12.4. The van der Waals surface area contributed by atoms with Crippen LogP contribution in [0, 0.1) is 19.8 Å². The highest BCUT2D eigenvalue weighted by atomic mass is 79.9. The van der Waals surface area contributed by atoms with Gasteiger partial charge in [0.15, 0.2) is 0 Å². The molecule has 1 aliphatic heterocycles. The summed E-state index contributed by atoms with van der Waals surface area (Å²) in [7, 11) is 0. The zero-order chi connectivity index (χ0) is 16.8. The molecule has 3 nitrogen and oxygen atoms in total. The molecular formula is C18H27BrN2OS. The van der Waals surface area contributed by atoms with Gasteiger partial charge in [0.2, 0.25) is 5.91 Å². The number of likely N-dealkylation sites (tertiary alicyclic amines) is 1. The normalized spacial score (nSPS) is 15.9. The number of thioether (sulfide) groups is 1. The van der Waals surface area contributed by atoms with E-state index >= 15 is 0 Å². The van der Waals surface area contributed by atoms with Crippen molar-refractivity contribution in [3.63, 3.8) is 0 Å². The summed E-state index contributed by atoms with van der Waals surface area (Å²) in [5.41, 5.74) is 2.44. The number of rotatable bonds is 6. The number of hydrogen-bond acceptors (Lipinski definition) is 3. The average molecular weight is 399 g/mol.